The highest BCUT2D eigenvalue weighted by atomic mass is 19.3. The minimum absolute atomic E-state index is 0.0109. The van der Waals surface area contributed by atoms with Crippen LogP contribution in [0.15, 0.2) is 48.9 Å². The first-order valence-corrected chi connectivity index (χ1v) is 13.3. The second-order valence-electron chi connectivity index (χ2n) is 10.4. The molecule has 3 aromatic heterocycles. The number of para-hydroxylation sites is 1. The van der Waals surface area contributed by atoms with E-state index >= 15 is 4.39 Å². The molecule has 6 rings (SSSR count). The number of carbonyl (C=O) groups excluding carboxylic acids is 1. The highest BCUT2D eigenvalue weighted by molar-refractivity contribution is 5.74. The summed E-state index contributed by atoms with van der Waals surface area (Å²) in [5.41, 5.74) is 2.19. The van der Waals surface area contributed by atoms with Gasteiger partial charge >= 0.3 is 12.6 Å². The number of hydrogen-bond acceptors (Lipinski definition) is 8. The summed E-state index contributed by atoms with van der Waals surface area (Å²) < 4.78 is 52.5. The summed E-state index contributed by atoms with van der Waals surface area (Å²) in [6.45, 7) is -2.11. The molecule has 4 aromatic rings. The summed E-state index contributed by atoms with van der Waals surface area (Å²) in [5.74, 6) is 0.0785. The molecule has 1 aliphatic heterocycles. The van der Waals surface area contributed by atoms with Crippen LogP contribution < -0.4 is 9.64 Å². The topological polar surface area (TPSA) is 102 Å². The molecule has 4 heterocycles. The number of carbonyl (C=O) groups is 1. The summed E-state index contributed by atoms with van der Waals surface area (Å²) >= 11 is 0. The zero-order valence-electron chi connectivity index (χ0n) is 22.2. The van der Waals surface area contributed by atoms with Gasteiger partial charge in [-0.3, -0.25) is 4.79 Å². The Labute approximate surface area is 233 Å². The molecule has 2 aliphatic rings. The van der Waals surface area contributed by atoms with Gasteiger partial charge in [0.1, 0.15) is 17.2 Å². The number of benzene rings is 1. The number of hydrogen-bond donors (Lipinski definition) is 1. The van der Waals surface area contributed by atoms with Crippen LogP contribution in [0.1, 0.15) is 29.8 Å². The number of rotatable bonds is 8. The maximum atomic E-state index is 15.3. The van der Waals surface area contributed by atoms with Crippen molar-refractivity contribution in [2.45, 2.75) is 32.5 Å². The van der Waals surface area contributed by atoms with E-state index in [9.17, 15) is 18.7 Å². The lowest BCUT2D eigenvalue weighted by Crippen LogP contribution is -2.45. The van der Waals surface area contributed by atoms with Crippen molar-refractivity contribution >= 4 is 17.6 Å². The molecule has 0 spiro atoms. The van der Waals surface area contributed by atoms with Gasteiger partial charge in [-0.05, 0) is 30.7 Å². The van der Waals surface area contributed by atoms with Gasteiger partial charge in [-0.25, -0.2) is 19.3 Å². The Morgan fingerprint density at radius 1 is 1.15 bits per heavy atom. The van der Waals surface area contributed by atoms with Gasteiger partial charge in [0.05, 0.1) is 31.0 Å². The number of methoxy groups -OCH3 is 1. The fourth-order valence-corrected chi connectivity index (χ4v) is 6.26. The number of halogens is 3. The van der Waals surface area contributed by atoms with E-state index in [-0.39, 0.29) is 47.1 Å². The van der Waals surface area contributed by atoms with Crippen molar-refractivity contribution in [2.75, 3.05) is 25.1 Å². The summed E-state index contributed by atoms with van der Waals surface area (Å²) in [6.07, 6.45) is 6.66. The molecule has 0 amide bonds. The Hall–Kier alpha value is -4.19. The Balaban J connectivity index is 1.29. The Bertz CT molecular complexity index is 1560. The number of ether oxygens (including phenoxy) is 2. The van der Waals surface area contributed by atoms with Gasteiger partial charge in [0, 0.05) is 60.9 Å². The van der Waals surface area contributed by atoms with Crippen molar-refractivity contribution < 1.29 is 32.5 Å². The smallest absolute Gasteiger partial charge is 0.387 e. The third-order valence-electron chi connectivity index (χ3n) is 8.13. The molecule has 41 heavy (non-hydrogen) atoms. The third-order valence-corrected chi connectivity index (χ3v) is 8.13. The van der Waals surface area contributed by atoms with Crippen LogP contribution in [-0.2, 0) is 22.6 Å². The average Bonchev–Trinajstić information content (AvgIpc) is 3.44. The Kier molecular flexibility index (Phi) is 7.24. The SMILES string of the molecule is COC(=O)C1[C@@H]2CC[C@H]1CN(c1ncc(-c3cn4c(Cc5ccccc5OC(F)F)c(CO)nc4cc3F)cn1)C2. The zero-order chi connectivity index (χ0) is 28.7. The van der Waals surface area contributed by atoms with Crippen LogP contribution in [0.5, 0.6) is 5.75 Å². The number of imidazole rings is 1. The lowest BCUT2D eigenvalue weighted by atomic mass is 9.85. The van der Waals surface area contributed by atoms with E-state index in [4.69, 9.17) is 4.74 Å². The second-order valence-corrected chi connectivity index (χ2v) is 10.4. The predicted molar refractivity (Wildman–Crippen MR) is 142 cm³/mol. The number of pyridine rings is 1. The molecule has 1 saturated carbocycles. The number of aromatic nitrogens is 4. The maximum Gasteiger partial charge on any atom is 0.387 e. The predicted octanol–water partition coefficient (Wildman–Crippen LogP) is 4.25. The number of fused-ring (bicyclic) bond motifs is 3. The van der Waals surface area contributed by atoms with E-state index in [0.717, 1.165) is 12.8 Å². The minimum Gasteiger partial charge on any atom is -0.469 e. The molecule has 1 N–H and O–H groups in total. The molecule has 2 fully saturated rings. The summed E-state index contributed by atoms with van der Waals surface area (Å²) in [4.78, 5) is 27.7. The normalized spacial score (nSPS) is 20.1. The molecule has 1 aromatic carbocycles. The number of piperidine rings is 1. The van der Waals surface area contributed by atoms with Crippen LogP contribution in [0.25, 0.3) is 16.8 Å². The van der Waals surface area contributed by atoms with Gasteiger partial charge in [-0.1, -0.05) is 18.2 Å². The number of aliphatic hydroxyl groups is 1. The van der Waals surface area contributed by atoms with Gasteiger partial charge in [-0.2, -0.15) is 8.78 Å². The number of esters is 1. The van der Waals surface area contributed by atoms with Crippen LogP contribution in [0.2, 0.25) is 0 Å². The molecule has 1 unspecified atom stereocenters. The molecule has 12 heteroatoms. The molecule has 3 atom stereocenters. The van der Waals surface area contributed by atoms with Crippen LogP contribution in [0.4, 0.5) is 19.1 Å². The number of anilines is 1. The maximum absolute atomic E-state index is 15.3. The highest BCUT2D eigenvalue weighted by Gasteiger charge is 2.47. The number of nitrogens with zero attached hydrogens (tertiary/aromatic N) is 5. The van der Waals surface area contributed by atoms with Crippen molar-refractivity contribution in [3.63, 3.8) is 0 Å². The van der Waals surface area contributed by atoms with Crippen molar-refractivity contribution in [1.29, 1.82) is 0 Å². The van der Waals surface area contributed by atoms with Gasteiger partial charge in [0.25, 0.3) is 0 Å². The average molecular weight is 568 g/mol. The van der Waals surface area contributed by atoms with Crippen molar-refractivity contribution in [1.82, 2.24) is 19.4 Å². The third kappa shape index (κ3) is 5.08. The van der Waals surface area contributed by atoms with Crippen LogP contribution in [-0.4, -0.2) is 57.2 Å². The second kappa shape index (κ2) is 11.0. The molecule has 0 radical (unpaired) electrons. The Morgan fingerprint density at radius 3 is 2.51 bits per heavy atom. The largest absolute Gasteiger partial charge is 0.469 e. The molecule has 1 saturated heterocycles. The molecule has 9 nitrogen and oxygen atoms in total. The van der Waals surface area contributed by atoms with Crippen LogP contribution in [0.3, 0.4) is 0 Å². The number of aliphatic hydroxyl groups excluding tert-OH is 1. The minimum atomic E-state index is -2.99. The van der Waals surface area contributed by atoms with Gasteiger partial charge < -0.3 is 23.9 Å². The van der Waals surface area contributed by atoms with E-state index in [1.165, 1.54) is 19.2 Å². The Morgan fingerprint density at radius 2 is 1.85 bits per heavy atom. The fraction of sp³-hybridized carbons (Fsp3) is 0.379. The van der Waals surface area contributed by atoms with Crippen molar-refractivity contribution in [2.24, 2.45) is 17.8 Å². The van der Waals surface area contributed by atoms with Crippen LogP contribution >= 0.6 is 0 Å². The molecular weight excluding hydrogens is 539 g/mol. The lowest BCUT2D eigenvalue weighted by Gasteiger charge is -2.36. The van der Waals surface area contributed by atoms with Gasteiger partial charge in [0.15, 0.2) is 0 Å². The van der Waals surface area contributed by atoms with E-state index in [1.807, 2.05) is 0 Å². The highest BCUT2D eigenvalue weighted by Crippen LogP contribution is 2.43. The monoisotopic (exact) mass is 567 g/mol. The lowest BCUT2D eigenvalue weighted by molar-refractivity contribution is -0.148. The number of alkyl halides is 2. The summed E-state index contributed by atoms with van der Waals surface area (Å²) in [7, 11) is 1.42. The summed E-state index contributed by atoms with van der Waals surface area (Å²) in [5, 5.41) is 9.95. The molecule has 214 valence electrons. The molecule has 2 bridgehead atoms. The van der Waals surface area contributed by atoms with Crippen molar-refractivity contribution in [3.8, 4) is 16.9 Å². The first-order chi connectivity index (χ1) is 19.9. The molecular formula is C29H28F3N5O4. The van der Waals surface area contributed by atoms with Gasteiger partial charge in [-0.15, -0.1) is 0 Å². The quantitative estimate of drug-likeness (QED) is 0.316. The zero-order valence-corrected chi connectivity index (χ0v) is 22.2. The van der Waals surface area contributed by atoms with E-state index in [0.29, 0.717) is 41.6 Å². The first-order valence-electron chi connectivity index (χ1n) is 13.3. The standard InChI is InChI=1S/C29H28F3N5O4/c1-40-27(39)26-17-6-7-18(26)13-36(12-17)29-33-10-19(11-34-29)20-14-37-23(22(15-38)35-25(37)9-21(20)30)8-16-4-2-3-5-24(16)41-28(31)32/h2-5,9-11,14,17-18,26,28,38H,6-8,12-13,15H2,1H3/t17-,18+,26?. The fourth-order valence-electron chi connectivity index (χ4n) is 6.26. The molecule has 1 aliphatic carbocycles. The van der Waals surface area contributed by atoms with E-state index < -0.39 is 19.0 Å². The summed E-state index contributed by atoms with van der Waals surface area (Å²) in [6, 6.07) is 7.63. The van der Waals surface area contributed by atoms with E-state index in [2.05, 4.69) is 24.6 Å². The first kappa shape index (κ1) is 27.0. The van der Waals surface area contributed by atoms with Crippen LogP contribution in [0, 0.1) is 23.6 Å². The van der Waals surface area contributed by atoms with Crippen molar-refractivity contribution in [3.05, 3.63) is 71.7 Å². The van der Waals surface area contributed by atoms with E-state index in [1.54, 1.807) is 41.2 Å². The van der Waals surface area contributed by atoms with Gasteiger partial charge in [0.2, 0.25) is 5.95 Å².